The molecule has 2 fully saturated rings. The van der Waals surface area contributed by atoms with Crippen LogP contribution in [0, 0.1) is 11.8 Å². The lowest BCUT2D eigenvalue weighted by atomic mass is 9.73. The van der Waals surface area contributed by atoms with Crippen molar-refractivity contribution in [3.63, 3.8) is 0 Å². The number of rotatable bonds is 2. The molecule has 0 radical (unpaired) electrons. The molecule has 2 heterocycles. The Morgan fingerprint density at radius 1 is 1.11 bits per heavy atom. The Bertz CT molecular complexity index is 556. The van der Waals surface area contributed by atoms with Gasteiger partial charge in [0, 0.05) is 23.5 Å². The fourth-order valence-corrected chi connectivity index (χ4v) is 3.96. The van der Waals surface area contributed by atoms with E-state index in [2.05, 4.69) is 27.9 Å². The molecule has 3 heteroatoms. The van der Waals surface area contributed by atoms with E-state index >= 15 is 0 Å². The van der Waals surface area contributed by atoms with Gasteiger partial charge in [-0.05, 0) is 43.6 Å². The van der Waals surface area contributed by atoms with Crippen molar-refractivity contribution in [1.29, 1.82) is 0 Å². The number of H-pyrrole nitrogens is 1. The molecule has 2 aliphatic carbocycles. The molecular weight excluding hydrogens is 234 g/mol. The maximum Gasteiger partial charge on any atom is 0.156 e. The van der Waals surface area contributed by atoms with E-state index in [0.717, 1.165) is 23.0 Å². The van der Waals surface area contributed by atoms with Crippen LogP contribution in [0.4, 0.5) is 0 Å². The molecule has 1 N–H and O–H groups in total. The van der Waals surface area contributed by atoms with Crippen molar-refractivity contribution >= 4 is 11.2 Å². The fourth-order valence-electron chi connectivity index (χ4n) is 3.96. The van der Waals surface area contributed by atoms with Crippen molar-refractivity contribution in [3.8, 4) is 0 Å². The Morgan fingerprint density at radius 3 is 2.53 bits per heavy atom. The van der Waals surface area contributed by atoms with Gasteiger partial charge in [0.15, 0.2) is 5.65 Å². The molecular formula is C16H21N3. The van der Waals surface area contributed by atoms with Crippen molar-refractivity contribution in [1.82, 2.24) is 15.0 Å². The lowest BCUT2D eigenvalue weighted by molar-refractivity contribution is 0.240. The Morgan fingerprint density at radius 2 is 1.84 bits per heavy atom. The van der Waals surface area contributed by atoms with E-state index in [1.165, 1.54) is 44.2 Å². The third kappa shape index (κ3) is 1.78. The molecule has 0 atom stereocenters. The molecule has 2 aliphatic rings. The van der Waals surface area contributed by atoms with Crippen LogP contribution in [0.15, 0.2) is 18.5 Å². The molecule has 100 valence electrons. The Kier molecular flexibility index (Phi) is 2.44. The van der Waals surface area contributed by atoms with Gasteiger partial charge in [-0.3, -0.25) is 4.98 Å². The summed E-state index contributed by atoms with van der Waals surface area (Å²) in [6, 6.07) is 2.24. The smallest absolute Gasteiger partial charge is 0.156 e. The number of aromatic amines is 1. The zero-order valence-corrected chi connectivity index (χ0v) is 11.5. The summed E-state index contributed by atoms with van der Waals surface area (Å²) in [5, 5.41) is 0. The average Bonchev–Trinajstić information content (AvgIpc) is 3.13. The van der Waals surface area contributed by atoms with Crippen molar-refractivity contribution in [2.24, 2.45) is 11.8 Å². The fraction of sp³-hybridized carbons (Fsp3) is 0.625. The van der Waals surface area contributed by atoms with Crippen LogP contribution in [0.3, 0.4) is 0 Å². The van der Waals surface area contributed by atoms with Crippen LogP contribution in [-0.2, 0) is 5.41 Å². The second-order valence-corrected chi connectivity index (χ2v) is 6.59. The minimum Gasteiger partial charge on any atom is -0.341 e. The van der Waals surface area contributed by atoms with Gasteiger partial charge >= 0.3 is 0 Å². The van der Waals surface area contributed by atoms with Gasteiger partial charge in [-0.25, -0.2) is 4.98 Å². The normalized spacial score (nSPS) is 29.5. The molecule has 3 nitrogen and oxygen atoms in total. The monoisotopic (exact) mass is 255 g/mol. The van der Waals surface area contributed by atoms with E-state index in [4.69, 9.17) is 0 Å². The number of hydrogen-bond acceptors (Lipinski definition) is 2. The second-order valence-electron chi connectivity index (χ2n) is 6.59. The predicted molar refractivity (Wildman–Crippen MR) is 75.9 cm³/mol. The molecule has 2 aromatic heterocycles. The van der Waals surface area contributed by atoms with Crippen molar-refractivity contribution in [2.75, 3.05) is 0 Å². The molecule has 0 bridgehead atoms. The first-order chi connectivity index (χ1) is 9.28. The molecule has 2 aromatic rings. The van der Waals surface area contributed by atoms with E-state index in [-0.39, 0.29) is 0 Å². The van der Waals surface area contributed by atoms with Crippen molar-refractivity contribution < 1.29 is 0 Å². The van der Waals surface area contributed by atoms with Crippen LogP contribution >= 0.6 is 0 Å². The maximum absolute atomic E-state index is 4.41. The van der Waals surface area contributed by atoms with Gasteiger partial charge < -0.3 is 4.98 Å². The molecule has 0 amide bonds. The molecule has 0 spiro atoms. The van der Waals surface area contributed by atoms with E-state index in [0.29, 0.717) is 5.41 Å². The Labute approximate surface area is 113 Å². The summed E-state index contributed by atoms with van der Waals surface area (Å²) in [5.74, 6) is 1.80. The molecule has 0 aromatic carbocycles. The zero-order chi connectivity index (χ0) is 12.9. The first-order valence-corrected chi connectivity index (χ1v) is 7.58. The quantitative estimate of drug-likeness (QED) is 0.886. The van der Waals surface area contributed by atoms with Gasteiger partial charge in [0.25, 0.3) is 0 Å². The lowest BCUT2D eigenvalue weighted by Gasteiger charge is -2.32. The molecule has 2 saturated carbocycles. The number of nitrogens with one attached hydrogen (secondary N) is 1. The minimum atomic E-state index is 0.433. The molecule has 0 saturated heterocycles. The second kappa shape index (κ2) is 4.06. The summed E-state index contributed by atoms with van der Waals surface area (Å²) >= 11 is 0. The number of aromatic nitrogens is 3. The highest BCUT2D eigenvalue weighted by Crippen LogP contribution is 2.58. The van der Waals surface area contributed by atoms with Crippen LogP contribution in [0.25, 0.3) is 11.2 Å². The van der Waals surface area contributed by atoms with Crippen LogP contribution in [0.1, 0.15) is 51.1 Å². The van der Waals surface area contributed by atoms with Crippen LogP contribution in [0.2, 0.25) is 0 Å². The minimum absolute atomic E-state index is 0.433. The van der Waals surface area contributed by atoms with Crippen molar-refractivity contribution in [3.05, 3.63) is 24.2 Å². The van der Waals surface area contributed by atoms with E-state index in [9.17, 15) is 0 Å². The number of hydrogen-bond donors (Lipinski definition) is 1. The van der Waals surface area contributed by atoms with Gasteiger partial charge in [0.1, 0.15) is 5.52 Å². The summed E-state index contributed by atoms with van der Waals surface area (Å²) in [5.41, 5.74) is 3.80. The summed E-state index contributed by atoms with van der Waals surface area (Å²) in [7, 11) is 0. The third-order valence-corrected chi connectivity index (χ3v) is 5.38. The van der Waals surface area contributed by atoms with Gasteiger partial charge in [-0.15, -0.1) is 0 Å². The van der Waals surface area contributed by atoms with Gasteiger partial charge in [-0.2, -0.15) is 0 Å². The first kappa shape index (κ1) is 11.4. The highest BCUT2D eigenvalue weighted by atomic mass is 14.9. The average molecular weight is 255 g/mol. The topological polar surface area (TPSA) is 41.6 Å². The standard InChI is InChI=1S/C16H21N3/c1-11-2-4-12(5-3-11)16(6-7-16)14-10-13-15(19-14)18-9-8-17-13/h8-12H,2-7H2,1H3,(H,18,19). The predicted octanol–water partition coefficient (Wildman–Crippen LogP) is 3.82. The molecule has 4 rings (SSSR count). The largest absolute Gasteiger partial charge is 0.341 e. The Balaban J connectivity index is 1.67. The van der Waals surface area contributed by atoms with Gasteiger partial charge in [0.2, 0.25) is 0 Å². The van der Waals surface area contributed by atoms with Crippen LogP contribution < -0.4 is 0 Å². The highest BCUT2D eigenvalue weighted by Gasteiger charge is 2.51. The molecule has 0 unspecified atom stereocenters. The summed E-state index contributed by atoms with van der Waals surface area (Å²) in [6.45, 7) is 2.40. The maximum atomic E-state index is 4.41. The van der Waals surface area contributed by atoms with E-state index in [1.807, 2.05) is 0 Å². The highest BCUT2D eigenvalue weighted by molar-refractivity contribution is 5.72. The SMILES string of the molecule is CC1CCC(C2(c3cc4nccnc4[nH]3)CC2)CC1. The lowest BCUT2D eigenvalue weighted by Crippen LogP contribution is -2.25. The van der Waals surface area contributed by atoms with Crippen LogP contribution in [-0.4, -0.2) is 15.0 Å². The molecule has 19 heavy (non-hydrogen) atoms. The third-order valence-electron chi connectivity index (χ3n) is 5.38. The number of nitrogens with zero attached hydrogens (tertiary/aromatic N) is 2. The summed E-state index contributed by atoms with van der Waals surface area (Å²) < 4.78 is 0. The van der Waals surface area contributed by atoms with E-state index in [1.54, 1.807) is 12.4 Å². The van der Waals surface area contributed by atoms with Gasteiger partial charge in [0.05, 0.1) is 0 Å². The van der Waals surface area contributed by atoms with Gasteiger partial charge in [-0.1, -0.05) is 19.8 Å². The number of fused-ring (bicyclic) bond motifs is 1. The summed E-state index contributed by atoms with van der Waals surface area (Å²) in [4.78, 5) is 12.3. The molecule has 0 aliphatic heterocycles. The Hall–Kier alpha value is -1.38. The zero-order valence-electron chi connectivity index (χ0n) is 11.5. The van der Waals surface area contributed by atoms with Crippen LogP contribution in [0.5, 0.6) is 0 Å². The summed E-state index contributed by atoms with van der Waals surface area (Å²) in [6.07, 6.45) is 11.9. The van der Waals surface area contributed by atoms with Crippen molar-refractivity contribution in [2.45, 2.75) is 50.9 Å². The van der Waals surface area contributed by atoms with E-state index < -0.39 is 0 Å². The first-order valence-electron chi connectivity index (χ1n) is 7.58.